The third kappa shape index (κ3) is 7.78. The molecule has 4 atom stereocenters. The van der Waals surface area contributed by atoms with Crippen LogP contribution in [0.3, 0.4) is 0 Å². The second kappa shape index (κ2) is 17.3. The minimum Gasteiger partial charge on any atom is -0.147 e. The first-order chi connectivity index (χ1) is 21.5. The normalized spacial score (nSPS) is 28.6. The van der Waals surface area contributed by atoms with Gasteiger partial charge in [-0.15, -0.1) is 24.8 Å². The number of hydrogen-bond acceptors (Lipinski definition) is 0. The van der Waals surface area contributed by atoms with E-state index in [1.54, 1.807) is 22.3 Å². The van der Waals surface area contributed by atoms with Crippen molar-refractivity contribution in [2.75, 3.05) is 0 Å². The van der Waals surface area contributed by atoms with Crippen molar-refractivity contribution in [3.63, 3.8) is 0 Å². The molecule has 0 radical (unpaired) electrons. The van der Waals surface area contributed by atoms with Crippen molar-refractivity contribution in [3.05, 3.63) is 93.2 Å². The van der Waals surface area contributed by atoms with Crippen molar-refractivity contribution in [3.8, 4) is 0 Å². The SMILES string of the molecule is C[Si](C)=[Hf]([CH]1C=CC2=C1CCCC2)[CH]1C=CC2=C1CCCC2.C[Si](C)=[Hf]([CH]1C=CC2=C1CCCC2)[CH]1C=CC2=C1CCCC2.Cl.Cl. The maximum Gasteiger partial charge on any atom is -0.147 e. The molecule has 8 aliphatic carbocycles. The maximum atomic E-state index is 2.69. The summed E-state index contributed by atoms with van der Waals surface area (Å²) >= 11 is -3.36. The predicted octanol–water partition coefficient (Wildman–Crippen LogP) is 13.5. The van der Waals surface area contributed by atoms with E-state index in [9.17, 15) is 0 Å². The first kappa shape index (κ1) is 37.9. The molecule has 8 rings (SSSR count). The van der Waals surface area contributed by atoms with Gasteiger partial charge in [0.05, 0.1) is 0 Å². The molecule has 46 heavy (non-hydrogen) atoms. The first-order valence-corrected chi connectivity index (χ1v) is 42.5. The van der Waals surface area contributed by atoms with Crippen LogP contribution in [0.1, 0.15) is 103 Å². The fraction of sp³-hybridized carbons (Fsp3) is 0.600. The zero-order valence-electron chi connectivity index (χ0n) is 29.1. The van der Waals surface area contributed by atoms with Crippen molar-refractivity contribution in [2.45, 2.75) is 144 Å². The summed E-state index contributed by atoms with van der Waals surface area (Å²) in [5, 5.41) is 0. The molecule has 0 aromatic rings. The molecule has 0 saturated heterocycles. The summed E-state index contributed by atoms with van der Waals surface area (Å²) in [6.45, 7) is 10.6. The zero-order valence-corrected chi connectivity index (χ0v) is 39.9. The second-order valence-corrected chi connectivity index (χ2v) is 65.8. The van der Waals surface area contributed by atoms with Gasteiger partial charge in [-0.05, 0) is 0 Å². The van der Waals surface area contributed by atoms with Crippen LogP contribution in [-0.4, -0.2) is 11.0 Å². The second-order valence-electron chi connectivity index (χ2n) is 15.3. The molecule has 0 amide bonds. The Morgan fingerprint density at radius 1 is 0.391 bits per heavy atom. The monoisotopic (exact) mass is 1020 g/mol. The summed E-state index contributed by atoms with van der Waals surface area (Å²) in [7, 11) is 0. The number of halogens is 2. The van der Waals surface area contributed by atoms with Crippen LogP contribution >= 0.6 is 24.8 Å². The summed E-state index contributed by atoms with van der Waals surface area (Å²) in [6.07, 6.45) is 43.7. The molecule has 0 heterocycles. The van der Waals surface area contributed by atoms with Gasteiger partial charge in [0.25, 0.3) is 0 Å². The molecule has 0 saturated carbocycles. The van der Waals surface area contributed by atoms with Gasteiger partial charge in [-0.3, -0.25) is 0 Å². The van der Waals surface area contributed by atoms with Gasteiger partial charge in [-0.2, -0.15) is 0 Å². The van der Waals surface area contributed by atoms with Gasteiger partial charge in [0.1, 0.15) is 0 Å². The van der Waals surface area contributed by atoms with E-state index in [0.717, 1.165) is 14.7 Å². The summed E-state index contributed by atoms with van der Waals surface area (Å²) in [5.74, 6) is 0. The fourth-order valence-electron chi connectivity index (χ4n) is 10.1. The molecular formula is C40H58Cl2Hf2Si2. The Bertz CT molecular complexity index is 1310. The van der Waals surface area contributed by atoms with Gasteiger partial charge in [0.15, 0.2) is 0 Å². The standard InChI is InChI=1S/4C9H11.2C2H6Si.2ClH.2Hf/c4*1-2-5-9-7-3-6-8(9)4-1;2*1-3-2;;;;/h4*3,6-7H,1-2,4-5H2;2*1-2H3;2*1H;;. The minimum atomic E-state index is -1.68. The molecule has 0 aliphatic heterocycles. The topological polar surface area (TPSA) is 0 Å². The van der Waals surface area contributed by atoms with E-state index < -0.39 is 40.1 Å². The molecule has 6 heteroatoms. The van der Waals surface area contributed by atoms with E-state index >= 15 is 0 Å². The van der Waals surface area contributed by atoms with E-state index in [0.29, 0.717) is 0 Å². The molecule has 0 bridgehead atoms. The van der Waals surface area contributed by atoms with Crippen LogP contribution < -0.4 is 0 Å². The molecule has 248 valence electrons. The van der Waals surface area contributed by atoms with Gasteiger partial charge in [0.2, 0.25) is 0 Å². The summed E-state index contributed by atoms with van der Waals surface area (Å²) in [6, 6.07) is 0. The summed E-state index contributed by atoms with van der Waals surface area (Å²) in [4.78, 5) is 0. The van der Waals surface area contributed by atoms with Crippen LogP contribution in [0, 0.1) is 0 Å². The summed E-state index contributed by atoms with van der Waals surface area (Å²) < 4.78 is 3.92. The van der Waals surface area contributed by atoms with Crippen LogP contribution in [-0.2, 0) is 40.1 Å². The van der Waals surface area contributed by atoms with E-state index in [-0.39, 0.29) is 35.8 Å². The van der Waals surface area contributed by atoms with E-state index in [1.165, 1.54) is 103 Å². The third-order valence-corrected chi connectivity index (χ3v) is 67.0. The zero-order chi connectivity index (χ0) is 30.2. The Hall–Kier alpha value is 0.674. The molecule has 0 spiro atoms. The van der Waals surface area contributed by atoms with Crippen molar-refractivity contribution < 1.29 is 40.1 Å². The van der Waals surface area contributed by atoms with E-state index in [4.69, 9.17) is 0 Å². The predicted molar refractivity (Wildman–Crippen MR) is 203 cm³/mol. The molecule has 0 aromatic heterocycles. The third-order valence-electron chi connectivity index (χ3n) is 12.2. The van der Waals surface area contributed by atoms with Gasteiger partial charge < -0.3 is 0 Å². The van der Waals surface area contributed by atoms with Crippen molar-refractivity contribution in [1.29, 1.82) is 0 Å². The average molecular weight is 1020 g/mol. The average Bonchev–Trinajstić information content (AvgIpc) is 3.84. The molecule has 0 aromatic carbocycles. The number of rotatable bonds is 4. The first-order valence-electron chi connectivity index (χ1n) is 18.5. The Labute approximate surface area is 309 Å². The minimum absolute atomic E-state index is 0. The van der Waals surface area contributed by atoms with Crippen LogP contribution in [0.5, 0.6) is 0 Å². The van der Waals surface area contributed by atoms with Crippen molar-refractivity contribution in [1.82, 2.24) is 0 Å². The number of allylic oxidation sites excluding steroid dienone is 16. The number of hydrogen-bond donors (Lipinski definition) is 0. The van der Waals surface area contributed by atoms with E-state index in [2.05, 4.69) is 74.8 Å². The van der Waals surface area contributed by atoms with Gasteiger partial charge in [0, 0.05) is 0 Å². The van der Waals surface area contributed by atoms with Gasteiger partial charge in [-0.25, -0.2) is 0 Å². The van der Waals surface area contributed by atoms with Gasteiger partial charge in [-0.1, -0.05) is 0 Å². The van der Waals surface area contributed by atoms with Gasteiger partial charge >= 0.3 is 288 Å². The maximum absolute atomic E-state index is 2.69. The van der Waals surface area contributed by atoms with E-state index in [1.807, 2.05) is 22.3 Å². The van der Waals surface area contributed by atoms with Crippen LogP contribution in [0.4, 0.5) is 0 Å². The Morgan fingerprint density at radius 3 is 0.826 bits per heavy atom. The van der Waals surface area contributed by atoms with Crippen LogP contribution in [0.25, 0.3) is 0 Å². The molecule has 8 aliphatic rings. The fourth-order valence-corrected chi connectivity index (χ4v) is 65.5. The molecular weight excluding hydrogens is 964 g/mol. The largest absolute Gasteiger partial charge is 0.147 e. The van der Waals surface area contributed by atoms with Crippen LogP contribution in [0.15, 0.2) is 93.2 Å². The Kier molecular flexibility index (Phi) is 14.2. The molecule has 4 unspecified atom stereocenters. The molecule has 0 fully saturated rings. The van der Waals surface area contributed by atoms with Crippen molar-refractivity contribution >= 4 is 35.8 Å². The Balaban J connectivity index is 0.000000174. The molecule has 0 N–H and O–H groups in total. The quantitative estimate of drug-likeness (QED) is 0.246. The molecule has 0 nitrogen and oxygen atoms in total. The smallest absolute Gasteiger partial charge is 0.147 e. The van der Waals surface area contributed by atoms with Crippen LogP contribution in [0.2, 0.25) is 40.9 Å². The Morgan fingerprint density at radius 2 is 0.609 bits per heavy atom. The summed E-state index contributed by atoms with van der Waals surface area (Å²) in [5.41, 5.74) is 14.6. The van der Waals surface area contributed by atoms with Crippen molar-refractivity contribution in [2.24, 2.45) is 0 Å².